The molecule has 0 bridgehead atoms. The van der Waals surface area contributed by atoms with Crippen molar-refractivity contribution >= 4 is 27.3 Å². The number of pyridine rings is 1. The van der Waals surface area contributed by atoms with E-state index in [1.165, 1.54) is 4.70 Å². The van der Waals surface area contributed by atoms with Crippen LogP contribution in [0, 0.1) is 0 Å². The smallest absolute Gasteiger partial charge is 0.254 e. The van der Waals surface area contributed by atoms with Gasteiger partial charge in [-0.3, -0.25) is 9.78 Å². The standard InChI is InChI=1S/C19H18N2OS/c22-19(15-7-8-18-14(13-15)9-12-23-18)21-11-4-2-6-17(21)16-5-1-3-10-20-16/h1,3,5,7-10,12-13,17H,2,4,6,11H2/t17-/m1/s1. The summed E-state index contributed by atoms with van der Waals surface area (Å²) < 4.78 is 1.22. The molecule has 4 heteroatoms. The van der Waals surface area contributed by atoms with Crippen LogP contribution in [-0.4, -0.2) is 22.3 Å². The summed E-state index contributed by atoms with van der Waals surface area (Å²) in [5, 5.41) is 3.21. The van der Waals surface area contributed by atoms with Crippen molar-refractivity contribution in [2.75, 3.05) is 6.54 Å². The van der Waals surface area contributed by atoms with Crippen molar-refractivity contribution in [3.8, 4) is 0 Å². The third kappa shape index (κ3) is 2.75. The molecule has 0 aliphatic carbocycles. The number of thiophene rings is 1. The van der Waals surface area contributed by atoms with E-state index in [0.29, 0.717) is 0 Å². The molecule has 1 fully saturated rings. The molecule has 1 aliphatic rings. The number of likely N-dealkylation sites (tertiary alicyclic amines) is 1. The monoisotopic (exact) mass is 322 g/mol. The average molecular weight is 322 g/mol. The van der Waals surface area contributed by atoms with Gasteiger partial charge in [-0.1, -0.05) is 6.07 Å². The molecule has 4 rings (SSSR count). The largest absolute Gasteiger partial charge is 0.330 e. The first kappa shape index (κ1) is 14.4. The van der Waals surface area contributed by atoms with Gasteiger partial charge in [0.2, 0.25) is 0 Å². The molecule has 0 unspecified atom stereocenters. The average Bonchev–Trinajstić information content (AvgIpc) is 3.09. The lowest BCUT2D eigenvalue weighted by atomic mass is 9.97. The van der Waals surface area contributed by atoms with Gasteiger partial charge in [0.15, 0.2) is 0 Å². The molecule has 2 aromatic heterocycles. The van der Waals surface area contributed by atoms with Crippen molar-refractivity contribution in [3.63, 3.8) is 0 Å². The zero-order valence-electron chi connectivity index (χ0n) is 12.8. The third-order valence-corrected chi connectivity index (χ3v) is 5.39. The summed E-state index contributed by atoms with van der Waals surface area (Å²) in [5.74, 6) is 0.119. The summed E-state index contributed by atoms with van der Waals surface area (Å²) in [6, 6.07) is 14.1. The van der Waals surface area contributed by atoms with E-state index >= 15 is 0 Å². The lowest BCUT2D eigenvalue weighted by Crippen LogP contribution is -2.38. The van der Waals surface area contributed by atoms with Crippen LogP contribution >= 0.6 is 11.3 Å². The van der Waals surface area contributed by atoms with Crippen LogP contribution in [0.4, 0.5) is 0 Å². The van der Waals surface area contributed by atoms with E-state index < -0.39 is 0 Å². The first-order valence-electron chi connectivity index (χ1n) is 8.02. The van der Waals surface area contributed by atoms with Gasteiger partial charge < -0.3 is 4.90 Å². The van der Waals surface area contributed by atoms with Crippen molar-refractivity contribution < 1.29 is 4.79 Å². The highest BCUT2D eigenvalue weighted by Gasteiger charge is 2.29. The molecule has 0 radical (unpaired) electrons. The number of piperidine rings is 1. The molecule has 1 aliphatic heterocycles. The molecule has 0 spiro atoms. The number of hydrogen-bond donors (Lipinski definition) is 0. The second-order valence-electron chi connectivity index (χ2n) is 5.94. The van der Waals surface area contributed by atoms with E-state index in [1.807, 2.05) is 47.5 Å². The zero-order valence-corrected chi connectivity index (χ0v) is 13.6. The van der Waals surface area contributed by atoms with Crippen LogP contribution in [0.2, 0.25) is 0 Å². The number of aromatic nitrogens is 1. The predicted molar refractivity (Wildman–Crippen MR) is 93.7 cm³/mol. The number of nitrogens with zero attached hydrogens (tertiary/aromatic N) is 2. The van der Waals surface area contributed by atoms with Crippen molar-refractivity contribution in [1.29, 1.82) is 0 Å². The molecule has 3 heterocycles. The summed E-state index contributed by atoms with van der Waals surface area (Å²) in [7, 11) is 0. The fourth-order valence-corrected chi connectivity index (χ4v) is 4.09. The number of rotatable bonds is 2. The maximum atomic E-state index is 13.1. The maximum Gasteiger partial charge on any atom is 0.254 e. The van der Waals surface area contributed by atoms with E-state index in [4.69, 9.17) is 0 Å². The van der Waals surface area contributed by atoms with Gasteiger partial charge in [0, 0.05) is 23.0 Å². The van der Waals surface area contributed by atoms with Gasteiger partial charge in [0.05, 0.1) is 11.7 Å². The summed E-state index contributed by atoms with van der Waals surface area (Å²) in [4.78, 5) is 19.5. The SMILES string of the molecule is O=C(c1ccc2sccc2c1)N1CCCC[C@@H]1c1ccccn1. The Bertz CT molecular complexity index is 828. The second kappa shape index (κ2) is 6.13. The Morgan fingerprint density at radius 2 is 2.13 bits per heavy atom. The minimum Gasteiger partial charge on any atom is -0.330 e. The first-order chi connectivity index (χ1) is 11.3. The molecule has 116 valence electrons. The molecular weight excluding hydrogens is 304 g/mol. The highest BCUT2D eigenvalue weighted by atomic mass is 32.1. The molecule has 0 N–H and O–H groups in total. The topological polar surface area (TPSA) is 33.2 Å². The Labute approximate surface area is 139 Å². The molecule has 1 saturated heterocycles. The van der Waals surface area contributed by atoms with Gasteiger partial charge in [-0.15, -0.1) is 11.3 Å². The molecule has 1 atom stereocenters. The summed E-state index contributed by atoms with van der Waals surface area (Å²) in [6.07, 6.45) is 5.01. The zero-order chi connectivity index (χ0) is 15.6. The Balaban J connectivity index is 1.67. The Morgan fingerprint density at radius 3 is 3.00 bits per heavy atom. The van der Waals surface area contributed by atoms with E-state index in [9.17, 15) is 4.79 Å². The molecule has 3 aromatic rings. The molecule has 3 nitrogen and oxygen atoms in total. The predicted octanol–water partition coefficient (Wildman–Crippen LogP) is 4.66. The van der Waals surface area contributed by atoms with Crippen LogP contribution in [-0.2, 0) is 0 Å². The lowest BCUT2D eigenvalue weighted by Gasteiger charge is -2.35. The van der Waals surface area contributed by atoms with E-state index in [2.05, 4.69) is 16.4 Å². The van der Waals surface area contributed by atoms with Crippen molar-refractivity contribution in [1.82, 2.24) is 9.88 Å². The number of benzene rings is 1. The Kier molecular flexibility index (Phi) is 3.83. The molecular formula is C19H18N2OS. The molecule has 1 aromatic carbocycles. The van der Waals surface area contributed by atoms with E-state index in [-0.39, 0.29) is 11.9 Å². The summed E-state index contributed by atoms with van der Waals surface area (Å²) in [6.45, 7) is 0.807. The van der Waals surface area contributed by atoms with Gasteiger partial charge in [0.1, 0.15) is 0 Å². The van der Waals surface area contributed by atoms with Crippen LogP contribution in [0.15, 0.2) is 54.0 Å². The minimum atomic E-state index is 0.0932. The van der Waals surface area contributed by atoms with Gasteiger partial charge in [-0.25, -0.2) is 0 Å². The number of carbonyl (C=O) groups excluding carboxylic acids is 1. The molecule has 1 amide bonds. The third-order valence-electron chi connectivity index (χ3n) is 4.49. The second-order valence-corrected chi connectivity index (χ2v) is 6.89. The summed E-state index contributed by atoms with van der Waals surface area (Å²) in [5.41, 5.74) is 1.77. The first-order valence-corrected chi connectivity index (χ1v) is 8.90. The van der Waals surface area contributed by atoms with E-state index in [0.717, 1.165) is 42.5 Å². The van der Waals surface area contributed by atoms with Gasteiger partial charge in [0.25, 0.3) is 5.91 Å². The van der Waals surface area contributed by atoms with Crippen molar-refractivity contribution in [3.05, 3.63) is 65.3 Å². The number of amides is 1. The van der Waals surface area contributed by atoms with Gasteiger partial charge >= 0.3 is 0 Å². The van der Waals surface area contributed by atoms with Crippen LogP contribution in [0.3, 0.4) is 0 Å². The van der Waals surface area contributed by atoms with Crippen LogP contribution in [0.25, 0.3) is 10.1 Å². The van der Waals surface area contributed by atoms with Gasteiger partial charge in [-0.2, -0.15) is 0 Å². The van der Waals surface area contributed by atoms with E-state index in [1.54, 1.807) is 11.3 Å². The molecule has 0 saturated carbocycles. The Morgan fingerprint density at radius 1 is 1.17 bits per heavy atom. The molecule has 23 heavy (non-hydrogen) atoms. The van der Waals surface area contributed by atoms with Crippen molar-refractivity contribution in [2.24, 2.45) is 0 Å². The van der Waals surface area contributed by atoms with Crippen molar-refractivity contribution in [2.45, 2.75) is 25.3 Å². The number of fused-ring (bicyclic) bond motifs is 1. The lowest BCUT2D eigenvalue weighted by molar-refractivity contribution is 0.0606. The highest BCUT2D eigenvalue weighted by Crippen LogP contribution is 2.31. The minimum absolute atomic E-state index is 0.0932. The quantitative estimate of drug-likeness (QED) is 0.687. The maximum absolute atomic E-state index is 13.1. The van der Waals surface area contributed by atoms with Crippen LogP contribution < -0.4 is 0 Å². The fourth-order valence-electron chi connectivity index (χ4n) is 3.32. The summed E-state index contributed by atoms with van der Waals surface area (Å²) >= 11 is 1.71. The van der Waals surface area contributed by atoms with Crippen LogP contribution in [0.1, 0.15) is 41.4 Å². The fraction of sp³-hybridized carbons (Fsp3) is 0.263. The number of carbonyl (C=O) groups is 1. The van der Waals surface area contributed by atoms with Crippen LogP contribution in [0.5, 0.6) is 0 Å². The highest BCUT2D eigenvalue weighted by molar-refractivity contribution is 7.17. The van der Waals surface area contributed by atoms with Gasteiger partial charge in [-0.05, 0) is 66.4 Å². The normalized spacial score (nSPS) is 18.3. The Hall–Kier alpha value is -2.20. The number of hydrogen-bond acceptors (Lipinski definition) is 3.